The standard InChI is InChI=1S/C23H26O10/c1-11(24)31-17-9-22(28)19(26)33-15(12-4-5-30-10-12)8-21(22,2)16-7-13-6-14(18(25)29-3)23(16,17)20(27)32-13/h4-5,10,13-17,28H,6-9H2,1-3H3. The van der Waals surface area contributed by atoms with Crippen molar-refractivity contribution in [2.24, 2.45) is 22.7 Å². The fourth-order valence-electron chi connectivity index (χ4n) is 6.91. The lowest BCUT2D eigenvalue weighted by atomic mass is 9.39. The number of hydrogen-bond acceptors (Lipinski definition) is 10. The molecule has 2 aliphatic carbocycles. The Bertz CT molecular complexity index is 1020. The predicted octanol–water partition coefficient (Wildman–Crippen LogP) is 1.45. The van der Waals surface area contributed by atoms with Gasteiger partial charge in [0.2, 0.25) is 0 Å². The Balaban J connectivity index is 1.69. The van der Waals surface area contributed by atoms with E-state index >= 15 is 0 Å². The van der Waals surface area contributed by atoms with Crippen LogP contribution in [-0.2, 0) is 38.1 Å². The molecule has 0 aromatic carbocycles. The summed E-state index contributed by atoms with van der Waals surface area (Å²) in [6, 6.07) is 1.67. The zero-order chi connectivity index (χ0) is 23.8. The van der Waals surface area contributed by atoms with Crippen LogP contribution in [0.2, 0.25) is 0 Å². The monoisotopic (exact) mass is 462 g/mol. The Kier molecular flexibility index (Phi) is 4.69. The molecule has 2 saturated carbocycles. The van der Waals surface area contributed by atoms with E-state index in [1.165, 1.54) is 26.6 Å². The van der Waals surface area contributed by atoms with Gasteiger partial charge in [-0.3, -0.25) is 14.4 Å². The number of fused-ring (bicyclic) bond motifs is 3. The van der Waals surface area contributed by atoms with Crippen LogP contribution in [0, 0.1) is 22.7 Å². The van der Waals surface area contributed by atoms with Gasteiger partial charge in [-0.15, -0.1) is 0 Å². The normalized spacial score (nSPS) is 43.6. The van der Waals surface area contributed by atoms with E-state index in [-0.39, 0.29) is 12.8 Å². The zero-order valence-electron chi connectivity index (χ0n) is 18.6. The van der Waals surface area contributed by atoms with Gasteiger partial charge in [-0.25, -0.2) is 4.79 Å². The van der Waals surface area contributed by atoms with Crippen molar-refractivity contribution in [3.05, 3.63) is 24.2 Å². The number of furan rings is 1. The molecule has 1 aromatic heterocycles. The summed E-state index contributed by atoms with van der Waals surface area (Å²) < 4.78 is 26.9. The highest BCUT2D eigenvalue weighted by molar-refractivity contribution is 5.91. The molecule has 178 valence electrons. The molecular weight excluding hydrogens is 436 g/mol. The molecule has 0 amide bonds. The number of ether oxygens (including phenoxy) is 4. The minimum Gasteiger partial charge on any atom is -0.472 e. The average Bonchev–Trinajstić information content (AvgIpc) is 3.30. The van der Waals surface area contributed by atoms with Gasteiger partial charge in [0.25, 0.3) is 0 Å². The van der Waals surface area contributed by atoms with Gasteiger partial charge in [0, 0.05) is 24.3 Å². The van der Waals surface area contributed by atoms with Crippen LogP contribution in [0.4, 0.5) is 0 Å². The molecule has 0 radical (unpaired) electrons. The molecule has 5 aliphatic rings. The van der Waals surface area contributed by atoms with Crippen LogP contribution in [0.15, 0.2) is 23.0 Å². The Morgan fingerprint density at radius 1 is 1.15 bits per heavy atom. The number of methoxy groups -OCH3 is 1. The third-order valence-electron chi connectivity index (χ3n) is 8.41. The maximum Gasteiger partial charge on any atom is 0.339 e. The second-order valence-corrected chi connectivity index (χ2v) is 9.79. The molecule has 8 unspecified atom stereocenters. The Morgan fingerprint density at radius 2 is 1.91 bits per heavy atom. The minimum atomic E-state index is -2.04. The predicted molar refractivity (Wildman–Crippen MR) is 106 cm³/mol. The number of aliphatic hydroxyl groups is 1. The molecule has 2 bridgehead atoms. The maximum absolute atomic E-state index is 13.5. The van der Waals surface area contributed by atoms with Crippen LogP contribution in [0.5, 0.6) is 0 Å². The highest BCUT2D eigenvalue weighted by Gasteiger charge is 2.80. The molecule has 8 atom stereocenters. The first-order valence-electron chi connectivity index (χ1n) is 11.0. The fourth-order valence-corrected chi connectivity index (χ4v) is 6.91. The van der Waals surface area contributed by atoms with Gasteiger partial charge in [-0.05, 0) is 31.2 Å². The van der Waals surface area contributed by atoms with Gasteiger partial charge in [-0.2, -0.15) is 0 Å². The lowest BCUT2D eigenvalue weighted by Crippen LogP contribution is -2.78. The summed E-state index contributed by atoms with van der Waals surface area (Å²) >= 11 is 0. The topological polar surface area (TPSA) is 139 Å². The summed E-state index contributed by atoms with van der Waals surface area (Å²) in [6.07, 6.45) is 0.661. The van der Waals surface area contributed by atoms with Gasteiger partial charge in [-0.1, -0.05) is 6.92 Å². The minimum absolute atomic E-state index is 0.182. The van der Waals surface area contributed by atoms with Crippen molar-refractivity contribution in [1.82, 2.24) is 0 Å². The van der Waals surface area contributed by atoms with Crippen molar-refractivity contribution in [1.29, 1.82) is 0 Å². The van der Waals surface area contributed by atoms with Crippen LogP contribution >= 0.6 is 0 Å². The van der Waals surface area contributed by atoms with E-state index in [0.717, 1.165) is 0 Å². The quantitative estimate of drug-likeness (QED) is 0.519. The summed E-state index contributed by atoms with van der Waals surface area (Å²) in [6.45, 7) is 2.91. The van der Waals surface area contributed by atoms with Gasteiger partial charge in [0.05, 0.1) is 25.6 Å². The fraction of sp³-hybridized carbons (Fsp3) is 0.652. The van der Waals surface area contributed by atoms with Crippen LogP contribution in [0.3, 0.4) is 0 Å². The maximum atomic E-state index is 13.5. The van der Waals surface area contributed by atoms with E-state index in [1.807, 2.05) is 0 Å². The van der Waals surface area contributed by atoms with Gasteiger partial charge < -0.3 is 28.5 Å². The Hall–Kier alpha value is -2.88. The van der Waals surface area contributed by atoms with Crippen molar-refractivity contribution in [2.45, 2.75) is 63.4 Å². The summed E-state index contributed by atoms with van der Waals surface area (Å²) in [5, 5.41) is 11.8. The summed E-state index contributed by atoms with van der Waals surface area (Å²) in [5.74, 6) is -4.50. The SMILES string of the molecule is COC(=O)C1CC2CC3C1(C(=O)O2)C(OC(C)=O)CC1(O)C(=O)OC(c2ccoc2)CC31C. The molecular formula is C23H26O10. The van der Waals surface area contributed by atoms with Crippen molar-refractivity contribution in [3.8, 4) is 0 Å². The van der Waals surface area contributed by atoms with E-state index in [4.69, 9.17) is 23.4 Å². The second kappa shape index (κ2) is 7.06. The van der Waals surface area contributed by atoms with Gasteiger partial charge >= 0.3 is 23.9 Å². The molecule has 1 N–H and O–H groups in total. The lowest BCUT2D eigenvalue weighted by molar-refractivity contribution is -0.304. The number of cyclic esters (lactones) is 1. The average molecular weight is 462 g/mol. The first kappa shape index (κ1) is 21.9. The molecule has 10 nitrogen and oxygen atoms in total. The number of rotatable bonds is 3. The third kappa shape index (κ3) is 2.70. The molecule has 4 heterocycles. The molecule has 6 rings (SSSR count). The molecule has 33 heavy (non-hydrogen) atoms. The molecule has 3 aliphatic heterocycles. The van der Waals surface area contributed by atoms with Crippen molar-refractivity contribution < 1.29 is 47.6 Å². The van der Waals surface area contributed by atoms with E-state index in [9.17, 15) is 24.3 Å². The van der Waals surface area contributed by atoms with E-state index in [1.54, 1.807) is 13.0 Å². The molecule has 5 fully saturated rings. The molecule has 3 saturated heterocycles. The number of esters is 4. The second-order valence-electron chi connectivity index (χ2n) is 9.79. The first-order chi connectivity index (χ1) is 15.6. The van der Waals surface area contributed by atoms with Crippen LogP contribution in [0.25, 0.3) is 0 Å². The highest BCUT2D eigenvalue weighted by Crippen LogP contribution is 2.70. The van der Waals surface area contributed by atoms with E-state index < -0.39 is 76.9 Å². The van der Waals surface area contributed by atoms with Crippen molar-refractivity contribution >= 4 is 23.9 Å². The Labute approximate surface area is 189 Å². The van der Waals surface area contributed by atoms with E-state index in [2.05, 4.69) is 0 Å². The summed E-state index contributed by atoms with van der Waals surface area (Å²) in [4.78, 5) is 51.7. The summed E-state index contributed by atoms with van der Waals surface area (Å²) in [5.41, 5.74) is -4.20. The van der Waals surface area contributed by atoms with Crippen molar-refractivity contribution in [3.63, 3.8) is 0 Å². The number of carbonyl (C=O) groups is 4. The molecule has 1 aromatic rings. The first-order valence-corrected chi connectivity index (χ1v) is 11.0. The van der Waals surface area contributed by atoms with Crippen LogP contribution < -0.4 is 0 Å². The van der Waals surface area contributed by atoms with Crippen LogP contribution in [-0.4, -0.2) is 53.9 Å². The van der Waals surface area contributed by atoms with Gasteiger partial charge in [0.15, 0.2) is 5.60 Å². The Morgan fingerprint density at radius 3 is 2.55 bits per heavy atom. The van der Waals surface area contributed by atoms with Crippen LogP contribution in [0.1, 0.15) is 51.2 Å². The molecule has 10 heteroatoms. The largest absolute Gasteiger partial charge is 0.472 e. The highest BCUT2D eigenvalue weighted by atomic mass is 16.6. The van der Waals surface area contributed by atoms with Gasteiger partial charge in [0.1, 0.15) is 23.7 Å². The number of hydrogen-bond donors (Lipinski definition) is 1. The summed E-state index contributed by atoms with van der Waals surface area (Å²) in [7, 11) is 1.23. The van der Waals surface area contributed by atoms with Crippen molar-refractivity contribution in [2.75, 3.05) is 7.11 Å². The zero-order valence-corrected chi connectivity index (χ0v) is 18.6. The number of carbonyl (C=O) groups excluding carboxylic acids is 4. The third-order valence-corrected chi connectivity index (χ3v) is 8.41. The lowest BCUT2D eigenvalue weighted by Gasteiger charge is -2.67. The molecule has 1 spiro atoms. The van der Waals surface area contributed by atoms with E-state index in [0.29, 0.717) is 12.0 Å². The smallest absolute Gasteiger partial charge is 0.339 e.